The Morgan fingerprint density at radius 2 is 1.21 bits per heavy atom. The van der Waals surface area contributed by atoms with Crippen molar-refractivity contribution >= 4 is 17.5 Å². The number of amides is 2. The fraction of sp³-hybridized carbons (Fsp3) is 0.200. The first kappa shape index (κ1) is 16.9. The van der Waals surface area contributed by atoms with Crippen LogP contribution in [0.1, 0.15) is 22.3 Å². The number of anilines is 1. The van der Waals surface area contributed by atoms with E-state index in [-0.39, 0.29) is 23.7 Å². The second-order valence-electron chi connectivity index (χ2n) is 7.86. The minimum absolute atomic E-state index is 0.0883. The molecule has 0 spiro atoms. The maximum Gasteiger partial charge on any atom is 0.239 e. The smallest absolute Gasteiger partial charge is 0.239 e. The average Bonchev–Trinajstić information content (AvgIpc) is 3.35. The topological polar surface area (TPSA) is 37.4 Å². The molecule has 3 heteroatoms. The van der Waals surface area contributed by atoms with Crippen LogP contribution < -0.4 is 4.90 Å². The number of rotatable bonds is 3. The van der Waals surface area contributed by atoms with Gasteiger partial charge in [-0.1, -0.05) is 78.4 Å². The first-order chi connectivity index (χ1) is 13.6. The van der Waals surface area contributed by atoms with Crippen LogP contribution in [0.4, 0.5) is 5.69 Å². The highest BCUT2D eigenvalue weighted by Crippen LogP contribution is 2.68. The third kappa shape index (κ3) is 2.10. The first-order valence-electron chi connectivity index (χ1n) is 9.63. The van der Waals surface area contributed by atoms with Crippen molar-refractivity contribution in [2.75, 3.05) is 4.90 Å². The summed E-state index contributed by atoms with van der Waals surface area (Å²) in [4.78, 5) is 28.3. The molecule has 28 heavy (non-hydrogen) atoms. The van der Waals surface area contributed by atoms with E-state index in [0.717, 1.165) is 22.3 Å². The van der Waals surface area contributed by atoms with Gasteiger partial charge in [0.05, 0.1) is 17.5 Å². The Kier molecular flexibility index (Phi) is 3.57. The zero-order chi connectivity index (χ0) is 19.5. The predicted octanol–water partition coefficient (Wildman–Crippen LogP) is 4.41. The van der Waals surface area contributed by atoms with Crippen LogP contribution in [0, 0.1) is 25.7 Å². The van der Waals surface area contributed by atoms with Crippen molar-refractivity contribution in [3.8, 4) is 0 Å². The van der Waals surface area contributed by atoms with Gasteiger partial charge in [-0.05, 0) is 36.6 Å². The molecule has 5 rings (SSSR count). The molecule has 3 nitrogen and oxygen atoms in total. The monoisotopic (exact) mass is 367 g/mol. The molecular weight excluding hydrogens is 346 g/mol. The molecule has 2 atom stereocenters. The number of nitrogens with zero attached hydrogens (tertiary/aromatic N) is 1. The summed E-state index contributed by atoms with van der Waals surface area (Å²) in [5.74, 6) is -0.861. The quantitative estimate of drug-likeness (QED) is 0.643. The van der Waals surface area contributed by atoms with Gasteiger partial charge in [0.15, 0.2) is 0 Å². The van der Waals surface area contributed by atoms with Gasteiger partial charge in [0.2, 0.25) is 11.8 Å². The summed E-state index contributed by atoms with van der Waals surface area (Å²) >= 11 is 0. The van der Waals surface area contributed by atoms with Gasteiger partial charge in [-0.2, -0.15) is 0 Å². The van der Waals surface area contributed by atoms with Crippen LogP contribution in [0.25, 0.3) is 0 Å². The molecule has 0 radical (unpaired) electrons. The molecular formula is C25H21NO2. The van der Waals surface area contributed by atoms with E-state index in [0.29, 0.717) is 5.69 Å². The molecule has 2 amide bonds. The molecule has 0 bridgehead atoms. The second-order valence-corrected chi connectivity index (χ2v) is 7.86. The van der Waals surface area contributed by atoms with Gasteiger partial charge in [-0.25, -0.2) is 4.90 Å². The number of imide groups is 1. The van der Waals surface area contributed by atoms with E-state index < -0.39 is 5.41 Å². The zero-order valence-corrected chi connectivity index (χ0v) is 15.9. The first-order valence-corrected chi connectivity index (χ1v) is 9.63. The summed E-state index contributed by atoms with van der Waals surface area (Å²) in [6.07, 6.45) is 0. The summed E-state index contributed by atoms with van der Waals surface area (Å²) < 4.78 is 0. The van der Waals surface area contributed by atoms with Gasteiger partial charge in [0.25, 0.3) is 0 Å². The lowest BCUT2D eigenvalue weighted by atomic mass is 9.82. The number of carbonyl (C=O) groups is 2. The van der Waals surface area contributed by atoms with E-state index in [9.17, 15) is 9.59 Å². The summed E-state index contributed by atoms with van der Waals surface area (Å²) in [5.41, 5.74) is 4.31. The van der Waals surface area contributed by atoms with Gasteiger partial charge in [-0.3, -0.25) is 9.59 Å². The normalized spacial score (nSPS) is 22.3. The van der Waals surface area contributed by atoms with E-state index in [2.05, 4.69) is 0 Å². The lowest BCUT2D eigenvalue weighted by molar-refractivity contribution is -0.124. The highest BCUT2D eigenvalue weighted by atomic mass is 16.2. The Morgan fingerprint density at radius 3 is 1.68 bits per heavy atom. The number of piperidine rings is 1. The van der Waals surface area contributed by atoms with Gasteiger partial charge < -0.3 is 0 Å². The molecule has 1 saturated carbocycles. The zero-order valence-electron chi connectivity index (χ0n) is 15.9. The summed E-state index contributed by atoms with van der Waals surface area (Å²) in [5, 5.41) is 0. The van der Waals surface area contributed by atoms with Crippen LogP contribution in [0.2, 0.25) is 0 Å². The highest BCUT2D eigenvalue weighted by molar-refractivity contribution is 6.27. The molecule has 0 aromatic heterocycles. The minimum Gasteiger partial charge on any atom is -0.274 e. The summed E-state index contributed by atoms with van der Waals surface area (Å²) in [6.45, 7) is 3.96. The maximum absolute atomic E-state index is 13.5. The van der Waals surface area contributed by atoms with Crippen LogP contribution in [-0.4, -0.2) is 11.8 Å². The molecule has 138 valence electrons. The molecule has 3 aromatic carbocycles. The Hall–Kier alpha value is -3.20. The number of benzene rings is 3. The number of hydrogen-bond donors (Lipinski definition) is 0. The molecule has 0 unspecified atom stereocenters. The number of fused-ring (bicyclic) bond motifs is 1. The Balaban J connectivity index is 1.62. The summed E-state index contributed by atoms with van der Waals surface area (Å²) in [7, 11) is 0. The van der Waals surface area contributed by atoms with Crippen molar-refractivity contribution < 1.29 is 9.59 Å². The fourth-order valence-corrected chi connectivity index (χ4v) is 5.06. The van der Waals surface area contributed by atoms with E-state index in [1.807, 2.05) is 92.7 Å². The third-order valence-corrected chi connectivity index (χ3v) is 6.27. The fourth-order valence-electron chi connectivity index (χ4n) is 5.06. The van der Waals surface area contributed by atoms with Crippen LogP contribution >= 0.6 is 0 Å². The third-order valence-electron chi connectivity index (χ3n) is 6.27. The molecule has 0 N–H and O–H groups in total. The lowest BCUT2D eigenvalue weighted by Crippen LogP contribution is -2.39. The van der Waals surface area contributed by atoms with Gasteiger partial charge in [0.1, 0.15) is 0 Å². The number of aryl methyl sites for hydroxylation is 2. The molecule has 1 heterocycles. The van der Waals surface area contributed by atoms with Gasteiger partial charge >= 0.3 is 0 Å². The maximum atomic E-state index is 13.5. The standard InChI is InChI=1S/C25H21NO2/c1-16-13-14-20(17(2)15-16)26-23(27)21-22(24(26)28)25(21,18-9-5-3-6-10-18)19-11-7-4-8-12-19/h3-15,21-22H,1-2H3/t21-,22+. The van der Waals surface area contributed by atoms with E-state index >= 15 is 0 Å². The van der Waals surface area contributed by atoms with Gasteiger partial charge in [0, 0.05) is 5.41 Å². The van der Waals surface area contributed by atoms with Crippen LogP contribution in [0.15, 0.2) is 78.9 Å². The van der Waals surface area contributed by atoms with E-state index in [4.69, 9.17) is 0 Å². The minimum atomic E-state index is -0.550. The molecule has 2 aliphatic rings. The Morgan fingerprint density at radius 1 is 0.714 bits per heavy atom. The predicted molar refractivity (Wildman–Crippen MR) is 109 cm³/mol. The SMILES string of the molecule is Cc1ccc(N2C(=O)[C@@H]3[C@H](C2=O)C3(c2ccccc2)c2ccccc2)c(C)c1. The van der Waals surface area contributed by atoms with E-state index in [1.165, 1.54) is 4.90 Å². The molecule has 1 aliphatic carbocycles. The number of carbonyl (C=O) groups excluding carboxylic acids is 2. The van der Waals surface area contributed by atoms with Gasteiger partial charge in [-0.15, -0.1) is 0 Å². The highest BCUT2D eigenvalue weighted by Gasteiger charge is 2.78. The van der Waals surface area contributed by atoms with Crippen molar-refractivity contribution in [2.45, 2.75) is 19.3 Å². The largest absolute Gasteiger partial charge is 0.274 e. The Bertz CT molecular complexity index is 1020. The second kappa shape index (κ2) is 5.90. The lowest BCUT2D eigenvalue weighted by Gasteiger charge is -2.27. The molecule has 1 saturated heterocycles. The van der Waals surface area contributed by atoms with Crippen LogP contribution in [0.5, 0.6) is 0 Å². The van der Waals surface area contributed by atoms with Crippen LogP contribution in [-0.2, 0) is 15.0 Å². The van der Waals surface area contributed by atoms with Crippen molar-refractivity contribution in [3.05, 3.63) is 101 Å². The van der Waals surface area contributed by atoms with E-state index in [1.54, 1.807) is 0 Å². The van der Waals surface area contributed by atoms with Crippen molar-refractivity contribution in [1.29, 1.82) is 0 Å². The number of hydrogen-bond acceptors (Lipinski definition) is 2. The van der Waals surface area contributed by atoms with Crippen LogP contribution in [0.3, 0.4) is 0 Å². The average molecular weight is 367 g/mol. The summed E-state index contributed by atoms with van der Waals surface area (Å²) in [6, 6.07) is 25.8. The van der Waals surface area contributed by atoms with Crippen molar-refractivity contribution in [3.63, 3.8) is 0 Å². The molecule has 1 aliphatic heterocycles. The van der Waals surface area contributed by atoms with Crippen molar-refractivity contribution in [2.24, 2.45) is 11.8 Å². The molecule has 2 fully saturated rings. The molecule has 3 aromatic rings. The Labute approximate surface area is 164 Å². The van der Waals surface area contributed by atoms with Crippen molar-refractivity contribution in [1.82, 2.24) is 0 Å².